The highest BCUT2D eigenvalue weighted by Crippen LogP contribution is 2.18. The average molecular weight is 211 g/mol. The van der Waals surface area contributed by atoms with Crippen LogP contribution in [0.2, 0.25) is 0 Å². The van der Waals surface area contributed by atoms with Gasteiger partial charge in [0, 0.05) is 0 Å². The molecule has 0 bridgehead atoms. The van der Waals surface area contributed by atoms with Crippen LogP contribution in [0.15, 0.2) is 4.34 Å². The van der Waals surface area contributed by atoms with E-state index in [1.54, 1.807) is 0 Å². The highest BCUT2D eigenvalue weighted by Gasteiger charge is 2.05. The second kappa shape index (κ2) is 2.95. The molecule has 1 rings (SSSR count). The van der Waals surface area contributed by atoms with E-state index in [9.17, 15) is 8.42 Å². The van der Waals surface area contributed by atoms with Crippen molar-refractivity contribution in [2.75, 3.05) is 11.0 Å². The molecule has 0 atom stereocenters. The summed E-state index contributed by atoms with van der Waals surface area (Å²) in [6.45, 7) is 0. The molecule has 0 unspecified atom stereocenters. The van der Waals surface area contributed by atoms with Crippen molar-refractivity contribution >= 4 is 39.1 Å². The molecular formula is C3H5N3O2S3. The lowest BCUT2D eigenvalue weighted by molar-refractivity contribution is 0.606. The van der Waals surface area contributed by atoms with Gasteiger partial charge in [0.2, 0.25) is 15.2 Å². The number of nitrogens with one attached hydrogen (secondary N) is 1. The number of anilines is 1. The molecule has 62 valence electrons. The van der Waals surface area contributed by atoms with Crippen molar-refractivity contribution in [1.29, 1.82) is 0 Å². The molecule has 0 aliphatic heterocycles. The molecule has 0 saturated carbocycles. The second-order valence-corrected chi connectivity index (χ2v) is 5.22. The first-order valence-corrected chi connectivity index (χ1v) is 5.63. The lowest BCUT2D eigenvalue weighted by Crippen LogP contribution is -2.08. The Morgan fingerprint density at radius 2 is 2.18 bits per heavy atom. The van der Waals surface area contributed by atoms with E-state index in [1.807, 2.05) is 0 Å². The maximum Gasteiger partial charge on any atom is 0.231 e. The molecule has 1 aromatic heterocycles. The maximum absolute atomic E-state index is 10.6. The van der Waals surface area contributed by atoms with Crippen molar-refractivity contribution in [3.63, 3.8) is 0 Å². The third-order valence-electron chi connectivity index (χ3n) is 0.687. The van der Waals surface area contributed by atoms with E-state index in [0.717, 1.165) is 17.6 Å². The molecule has 5 nitrogen and oxygen atoms in total. The highest BCUT2D eigenvalue weighted by molar-refractivity contribution is 7.92. The van der Waals surface area contributed by atoms with Gasteiger partial charge in [0.25, 0.3) is 0 Å². The van der Waals surface area contributed by atoms with Crippen LogP contribution in [-0.2, 0) is 10.0 Å². The first-order chi connectivity index (χ1) is 4.97. The Kier molecular flexibility index (Phi) is 2.35. The second-order valence-electron chi connectivity index (χ2n) is 1.76. The van der Waals surface area contributed by atoms with Gasteiger partial charge in [-0.05, 0) is 0 Å². The topological polar surface area (TPSA) is 72.0 Å². The SMILES string of the molecule is CS(=O)(=O)Nc1nnc(S)s1. The van der Waals surface area contributed by atoms with Crippen molar-refractivity contribution in [2.24, 2.45) is 0 Å². The number of hydrogen-bond acceptors (Lipinski definition) is 6. The highest BCUT2D eigenvalue weighted by atomic mass is 32.2. The Morgan fingerprint density at radius 3 is 2.55 bits per heavy atom. The van der Waals surface area contributed by atoms with Gasteiger partial charge in [-0.3, -0.25) is 4.72 Å². The first-order valence-electron chi connectivity index (χ1n) is 2.47. The van der Waals surface area contributed by atoms with Crippen molar-refractivity contribution in [3.05, 3.63) is 0 Å². The third-order valence-corrected chi connectivity index (χ3v) is 2.38. The average Bonchev–Trinajstić information content (AvgIpc) is 2.10. The van der Waals surface area contributed by atoms with Crippen LogP contribution in [0, 0.1) is 0 Å². The van der Waals surface area contributed by atoms with Crippen molar-refractivity contribution in [2.45, 2.75) is 4.34 Å². The van der Waals surface area contributed by atoms with E-state index in [2.05, 4.69) is 27.5 Å². The Balaban J connectivity index is 2.81. The summed E-state index contributed by atoms with van der Waals surface area (Å²) in [5.41, 5.74) is 0. The van der Waals surface area contributed by atoms with Gasteiger partial charge in [0.05, 0.1) is 6.26 Å². The van der Waals surface area contributed by atoms with E-state index >= 15 is 0 Å². The predicted molar refractivity (Wildman–Crippen MR) is 45.6 cm³/mol. The Labute approximate surface area is 73.3 Å². The predicted octanol–water partition coefficient (Wildman–Crippen LogP) is 0.198. The van der Waals surface area contributed by atoms with E-state index in [4.69, 9.17) is 0 Å². The summed E-state index contributed by atoms with van der Waals surface area (Å²) < 4.78 is 23.8. The van der Waals surface area contributed by atoms with Gasteiger partial charge in [-0.15, -0.1) is 22.8 Å². The first kappa shape index (κ1) is 8.75. The molecule has 11 heavy (non-hydrogen) atoms. The van der Waals surface area contributed by atoms with Gasteiger partial charge < -0.3 is 0 Å². The van der Waals surface area contributed by atoms with Crippen LogP contribution in [0.3, 0.4) is 0 Å². The molecule has 0 amide bonds. The number of aromatic nitrogens is 2. The lowest BCUT2D eigenvalue weighted by atomic mass is 11.3. The van der Waals surface area contributed by atoms with Gasteiger partial charge in [0.15, 0.2) is 4.34 Å². The zero-order valence-corrected chi connectivity index (χ0v) is 8.00. The number of rotatable bonds is 2. The summed E-state index contributed by atoms with van der Waals surface area (Å²) in [4.78, 5) is 0. The summed E-state index contributed by atoms with van der Waals surface area (Å²) in [6, 6.07) is 0. The standard InChI is InChI=1S/C3H5N3O2S3/c1-11(7,8)6-2-4-5-3(9)10-2/h1H3,(H,4,6)(H,5,9). The van der Waals surface area contributed by atoms with Gasteiger partial charge >= 0.3 is 0 Å². The molecule has 8 heteroatoms. The Bertz CT molecular complexity index is 342. The van der Waals surface area contributed by atoms with Gasteiger partial charge in [0.1, 0.15) is 0 Å². The van der Waals surface area contributed by atoms with Crippen molar-refractivity contribution in [3.8, 4) is 0 Å². The molecule has 0 aliphatic carbocycles. The Morgan fingerprint density at radius 1 is 1.55 bits per heavy atom. The molecule has 0 spiro atoms. The van der Waals surface area contributed by atoms with Crippen molar-refractivity contribution in [1.82, 2.24) is 10.2 Å². The largest absolute Gasteiger partial charge is 0.257 e. The van der Waals surface area contributed by atoms with Crippen LogP contribution in [0.1, 0.15) is 0 Å². The quantitative estimate of drug-likeness (QED) is 0.685. The molecule has 1 N–H and O–H groups in total. The zero-order chi connectivity index (χ0) is 8.48. The van der Waals surface area contributed by atoms with Gasteiger partial charge in [-0.25, -0.2) is 8.42 Å². The summed E-state index contributed by atoms with van der Waals surface area (Å²) in [7, 11) is -3.24. The van der Waals surface area contributed by atoms with Gasteiger partial charge in [-0.1, -0.05) is 11.3 Å². The van der Waals surface area contributed by atoms with Crippen LogP contribution >= 0.6 is 24.0 Å². The minimum Gasteiger partial charge on any atom is -0.257 e. The van der Waals surface area contributed by atoms with Crippen LogP contribution in [-0.4, -0.2) is 24.9 Å². The molecule has 1 heterocycles. The van der Waals surface area contributed by atoms with Crippen molar-refractivity contribution < 1.29 is 8.42 Å². The molecule has 0 saturated heterocycles. The van der Waals surface area contributed by atoms with Crippen LogP contribution < -0.4 is 4.72 Å². The van der Waals surface area contributed by atoms with Crippen LogP contribution in [0.5, 0.6) is 0 Å². The number of hydrogen-bond donors (Lipinski definition) is 2. The van der Waals surface area contributed by atoms with E-state index in [1.165, 1.54) is 0 Å². The van der Waals surface area contributed by atoms with Gasteiger partial charge in [-0.2, -0.15) is 0 Å². The summed E-state index contributed by atoms with van der Waals surface area (Å²) in [6.07, 6.45) is 1.05. The fourth-order valence-corrected chi connectivity index (χ4v) is 2.03. The minimum absolute atomic E-state index is 0.234. The summed E-state index contributed by atoms with van der Waals surface area (Å²) >= 11 is 4.93. The zero-order valence-electron chi connectivity index (χ0n) is 5.47. The molecule has 0 radical (unpaired) electrons. The smallest absolute Gasteiger partial charge is 0.231 e. The minimum atomic E-state index is -3.24. The molecule has 0 aliphatic rings. The molecular weight excluding hydrogens is 206 g/mol. The van der Waals surface area contributed by atoms with Crippen LogP contribution in [0.25, 0.3) is 0 Å². The summed E-state index contributed by atoms with van der Waals surface area (Å²) in [5.74, 6) is 0. The number of sulfonamides is 1. The molecule has 0 fully saturated rings. The van der Waals surface area contributed by atoms with E-state index < -0.39 is 10.0 Å². The molecule has 0 aromatic carbocycles. The third kappa shape index (κ3) is 3.04. The molecule has 1 aromatic rings. The Hall–Kier alpha value is -0.340. The summed E-state index contributed by atoms with van der Waals surface area (Å²) in [5, 5.41) is 7.24. The normalized spacial score (nSPS) is 11.5. The fraction of sp³-hybridized carbons (Fsp3) is 0.333. The fourth-order valence-electron chi connectivity index (χ4n) is 0.415. The monoisotopic (exact) mass is 211 g/mol. The van der Waals surface area contributed by atoms with Crippen LogP contribution in [0.4, 0.5) is 5.13 Å². The number of thiol groups is 1. The van der Waals surface area contributed by atoms with E-state index in [-0.39, 0.29) is 5.13 Å². The number of nitrogens with zero attached hydrogens (tertiary/aromatic N) is 2. The lowest BCUT2D eigenvalue weighted by Gasteiger charge is -1.94. The van der Waals surface area contributed by atoms with E-state index in [0.29, 0.717) is 4.34 Å². The maximum atomic E-state index is 10.6.